The monoisotopic (exact) mass is 308 g/mol. The molecule has 1 aromatic heterocycles. The fourth-order valence-electron chi connectivity index (χ4n) is 2.36. The molecule has 7 nitrogen and oxygen atoms in total. The van der Waals surface area contributed by atoms with Crippen LogP contribution in [0.1, 0.15) is 12.2 Å². The van der Waals surface area contributed by atoms with Crippen LogP contribution in [0.5, 0.6) is 0 Å². The zero-order valence-corrected chi connectivity index (χ0v) is 13.4. The average molecular weight is 308 g/mol. The van der Waals surface area contributed by atoms with E-state index in [0.717, 1.165) is 12.3 Å². The molecule has 22 heavy (non-hydrogen) atoms. The molecule has 1 fully saturated rings. The van der Waals surface area contributed by atoms with Crippen molar-refractivity contribution in [2.75, 3.05) is 40.8 Å². The van der Waals surface area contributed by atoms with Gasteiger partial charge in [-0.05, 0) is 32.6 Å². The molecule has 1 aliphatic heterocycles. The molecule has 1 N–H and O–H groups in total. The Morgan fingerprint density at radius 3 is 2.77 bits per heavy atom. The molecule has 2 rings (SSSR count). The van der Waals surface area contributed by atoms with E-state index in [9.17, 15) is 9.59 Å². The number of carbonyl (C=O) groups is 2. The van der Waals surface area contributed by atoms with E-state index in [1.54, 1.807) is 29.2 Å². The fraction of sp³-hybridized carbons (Fsp3) is 0.600. The molecule has 1 saturated heterocycles. The van der Waals surface area contributed by atoms with E-state index in [4.69, 9.17) is 4.42 Å². The van der Waals surface area contributed by atoms with Crippen molar-refractivity contribution in [3.05, 3.63) is 24.2 Å². The smallest absolute Gasteiger partial charge is 0.318 e. The van der Waals surface area contributed by atoms with Crippen molar-refractivity contribution in [1.82, 2.24) is 20.0 Å². The second-order valence-electron chi connectivity index (χ2n) is 5.85. The summed E-state index contributed by atoms with van der Waals surface area (Å²) in [5, 5.41) is 2.83. The summed E-state index contributed by atoms with van der Waals surface area (Å²) in [7, 11) is 5.66. The third-order valence-electron chi connectivity index (χ3n) is 3.76. The maximum Gasteiger partial charge on any atom is 0.318 e. The van der Waals surface area contributed by atoms with Crippen LogP contribution in [0.25, 0.3) is 0 Å². The lowest BCUT2D eigenvalue weighted by molar-refractivity contribution is -0.128. The first kappa shape index (κ1) is 16.4. The van der Waals surface area contributed by atoms with Crippen LogP contribution in [0.3, 0.4) is 0 Å². The van der Waals surface area contributed by atoms with Crippen LogP contribution in [-0.2, 0) is 11.3 Å². The summed E-state index contributed by atoms with van der Waals surface area (Å²) in [6.45, 7) is 2.38. The van der Waals surface area contributed by atoms with Gasteiger partial charge in [0.05, 0.1) is 12.8 Å². The van der Waals surface area contributed by atoms with Crippen molar-refractivity contribution in [3.8, 4) is 0 Å². The minimum Gasteiger partial charge on any atom is -0.467 e. The van der Waals surface area contributed by atoms with Gasteiger partial charge in [-0.2, -0.15) is 0 Å². The van der Waals surface area contributed by atoms with Crippen molar-refractivity contribution < 1.29 is 14.0 Å². The van der Waals surface area contributed by atoms with Crippen LogP contribution in [0.15, 0.2) is 22.8 Å². The van der Waals surface area contributed by atoms with Gasteiger partial charge in [-0.25, -0.2) is 4.79 Å². The summed E-state index contributed by atoms with van der Waals surface area (Å²) >= 11 is 0. The van der Waals surface area contributed by atoms with E-state index < -0.39 is 6.04 Å². The summed E-state index contributed by atoms with van der Waals surface area (Å²) < 4.78 is 5.32. The Balaban J connectivity index is 1.97. The molecule has 0 spiro atoms. The van der Waals surface area contributed by atoms with Crippen molar-refractivity contribution in [1.29, 1.82) is 0 Å². The summed E-state index contributed by atoms with van der Waals surface area (Å²) in [5.74, 6) is 0.697. The molecule has 1 unspecified atom stereocenters. The number of carbonyl (C=O) groups excluding carboxylic acids is 2. The van der Waals surface area contributed by atoms with Gasteiger partial charge in [0.2, 0.25) is 5.91 Å². The summed E-state index contributed by atoms with van der Waals surface area (Å²) in [5.41, 5.74) is 0. The molecular weight excluding hydrogens is 284 g/mol. The molecule has 0 saturated carbocycles. The number of amides is 3. The molecule has 7 heteroatoms. The lowest BCUT2D eigenvalue weighted by Gasteiger charge is -2.25. The lowest BCUT2D eigenvalue weighted by Crippen LogP contribution is -2.48. The Morgan fingerprint density at radius 2 is 2.23 bits per heavy atom. The Kier molecular flexibility index (Phi) is 5.43. The standard InChI is InChI=1S/C15H24N4O3/c1-17(2)8-9-19(11-12-5-4-10-22-12)15(21)16-13-6-7-18(3)14(13)20/h4-5,10,13H,6-9,11H2,1-3H3,(H,16,21). The second-order valence-corrected chi connectivity index (χ2v) is 5.85. The van der Waals surface area contributed by atoms with E-state index >= 15 is 0 Å². The van der Waals surface area contributed by atoms with Crippen molar-refractivity contribution in [2.45, 2.75) is 19.0 Å². The molecule has 2 heterocycles. The van der Waals surface area contributed by atoms with Crippen LogP contribution < -0.4 is 5.32 Å². The minimum absolute atomic E-state index is 0.0288. The average Bonchev–Trinajstić information content (AvgIpc) is 3.08. The highest BCUT2D eigenvalue weighted by molar-refractivity contribution is 5.88. The van der Waals surface area contributed by atoms with Crippen LogP contribution in [0.2, 0.25) is 0 Å². The van der Waals surface area contributed by atoms with Gasteiger partial charge in [0, 0.05) is 26.7 Å². The highest BCUT2D eigenvalue weighted by atomic mass is 16.3. The predicted molar refractivity (Wildman–Crippen MR) is 82.2 cm³/mol. The maximum absolute atomic E-state index is 12.5. The van der Waals surface area contributed by atoms with Gasteiger partial charge in [0.25, 0.3) is 0 Å². The topological polar surface area (TPSA) is 69.0 Å². The van der Waals surface area contributed by atoms with E-state index in [-0.39, 0.29) is 11.9 Å². The quantitative estimate of drug-likeness (QED) is 0.835. The summed E-state index contributed by atoms with van der Waals surface area (Å²) in [4.78, 5) is 29.7. The fourth-order valence-corrected chi connectivity index (χ4v) is 2.36. The van der Waals surface area contributed by atoms with Crippen LogP contribution >= 0.6 is 0 Å². The van der Waals surface area contributed by atoms with E-state index in [1.807, 2.05) is 25.1 Å². The molecule has 0 aromatic carbocycles. The Bertz CT molecular complexity index is 501. The largest absolute Gasteiger partial charge is 0.467 e. The zero-order valence-electron chi connectivity index (χ0n) is 13.4. The number of nitrogens with zero attached hydrogens (tertiary/aromatic N) is 3. The molecule has 1 aromatic rings. The summed E-state index contributed by atoms with van der Waals surface area (Å²) in [6, 6.07) is 2.99. The Labute approximate surface area is 130 Å². The maximum atomic E-state index is 12.5. The first-order valence-corrected chi connectivity index (χ1v) is 7.45. The molecule has 3 amide bonds. The molecule has 0 radical (unpaired) electrons. The van der Waals surface area contributed by atoms with Gasteiger partial charge in [-0.15, -0.1) is 0 Å². The molecule has 122 valence electrons. The van der Waals surface area contributed by atoms with Crippen LogP contribution in [-0.4, -0.2) is 73.5 Å². The Morgan fingerprint density at radius 1 is 1.45 bits per heavy atom. The minimum atomic E-state index is -0.420. The van der Waals surface area contributed by atoms with Crippen molar-refractivity contribution in [3.63, 3.8) is 0 Å². The number of likely N-dealkylation sites (N-methyl/N-ethyl adjacent to an activating group) is 2. The van der Waals surface area contributed by atoms with Crippen molar-refractivity contribution >= 4 is 11.9 Å². The van der Waals surface area contributed by atoms with Gasteiger partial charge >= 0.3 is 6.03 Å². The first-order chi connectivity index (χ1) is 10.5. The molecule has 1 aliphatic rings. The Hall–Kier alpha value is -2.02. The van der Waals surface area contributed by atoms with Crippen LogP contribution in [0, 0.1) is 0 Å². The number of hydrogen-bond acceptors (Lipinski definition) is 4. The lowest BCUT2D eigenvalue weighted by atomic mass is 10.2. The normalized spacial score (nSPS) is 18.1. The van der Waals surface area contributed by atoms with Gasteiger partial charge in [-0.1, -0.05) is 0 Å². The first-order valence-electron chi connectivity index (χ1n) is 7.45. The molecule has 0 aliphatic carbocycles. The number of urea groups is 1. The SMILES string of the molecule is CN(C)CCN(Cc1ccco1)C(=O)NC1CCN(C)C1=O. The number of hydrogen-bond donors (Lipinski definition) is 1. The number of nitrogens with one attached hydrogen (secondary N) is 1. The number of rotatable bonds is 6. The van der Waals surface area contributed by atoms with Gasteiger partial charge in [0.15, 0.2) is 0 Å². The van der Waals surface area contributed by atoms with E-state index in [2.05, 4.69) is 5.32 Å². The highest BCUT2D eigenvalue weighted by Crippen LogP contribution is 2.11. The third kappa shape index (κ3) is 4.24. The van der Waals surface area contributed by atoms with Gasteiger partial charge in [0.1, 0.15) is 11.8 Å². The van der Waals surface area contributed by atoms with Gasteiger partial charge in [-0.3, -0.25) is 4.79 Å². The summed E-state index contributed by atoms with van der Waals surface area (Å²) in [6.07, 6.45) is 2.25. The zero-order chi connectivity index (χ0) is 16.1. The molecular formula is C15H24N4O3. The van der Waals surface area contributed by atoms with E-state index in [0.29, 0.717) is 26.1 Å². The molecule has 0 bridgehead atoms. The van der Waals surface area contributed by atoms with E-state index in [1.165, 1.54) is 0 Å². The predicted octanol–water partition coefficient (Wildman–Crippen LogP) is 0.583. The second kappa shape index (κ2) is 7.31. The van der Waals surface area contributed by atoms with Crippen LogP contribution in [0.4, 0.5) is 4.79 Å². The third-order valence-corrected chi connectivity index (χ3v) is 3.76. The number of likely N-dealkylation sites (tertiary alicyclic amines) is 1. The molecule has 1 atom stereocenters. The van der Waals surface area contributed by atoms with Crippen molar-refractivity contribution in [2.24, 2.45) is 0 Å². The number of furan rings is 1. The van der Waals surface area contributed by atoms with Gasteiger partial charge < -0.3 is 24.4 Å². The highest BCUT2D eigenvalue weighted by Gasteiger charge is 2.31.